The Balaban J connectivity index is 6.80. The normalized spacial score (nSPS) is 17.5. The van der Waals surface area contributed by atoms with E-state index in [-0.39, 0.29) is 25.3 Å². The van der Waals surface area contributed by atoms with Crippen molar-refractivity contribution < 1.29 is 64.8 Å². The molecule has 0 spiro atoms. The number of sulfonamides is 1. The van der Waals surface area contributed by atoms with Crippen LogP contribution in [0.3, 0.4) is 0 Å². The van der Waals surface area contributed by atoms with Gasteiger partial charge in [-0.2, -0.15) is 44.8 Å². The molecule has 0 aliphatic rings. The van der Waals surface area contributed by atoms with Crippen LogP contribution in [0.25, 0.3) is 0 Å². The van der Waals surface area contributed by atoms with Crippen molar-refractivity contribution in [2.24, 2.45) is 0 Å². The fourth-order valence-corrected chi connectivity index (χ4v) is 7.31. The van der Waals surface area contributed by atoms with E-state index in [4.69, 9.17) is 5.26 Å². The summed E-state index contributed by atoms with van der Waals surface area (Å²) >= 11 is 0. The van der Waals surface area contributed by atoms with Gasteiger partial charge in [-0.15, -0.1) is 0 Å². The first-order valence-electron chi connectivity index (χ1n) is 9.42. The molecule has 0 fully saturated rings. The van der Waals surface area contributed by atoms with Crippen LogP contribution in [0.15, 0.2) is 0 Å². The van der Waals surface area contributed by atoms with Gasteiger partial charge < -0.3 is 0 Å². The van der Waals surface area contributed by atoms with Crippen molar-refractivity contribution in [3.63, 3.8) is 0 Å². The molecule has 0 amide bonds. The lowest BCUT2D eigenvalue weighted by molar-refractivity contribution is -0.244. The molecule has 8 nitrogen and oxygen atoms in total. The number of hydrogen-bond acceptors (Lipinski definition) is 7. The second kappa shape index (κ2) is 10.2. The largest absolute Gasteiger partial charge is 0.500 e. The molecule has 0 saturated heterocycles. The summed E-state index contributed by atoms with van der Waals surface area (Å²) in [5, 5.41) is -5.86. The highest BCUT2D eigenvalue weighted by molar-refractivity contribution is 8.11. The second-order valence-corrected chi connectivity index (χ2v) is 14.0. The Morgan fingerprint density at radius 2 is 1.26 bits per heavy atom. The summed E-state index contributed by atoms with van der Waals surface area (Å²) in [7, 11) is -22.5. The van der Waals surface area contributed by atoms with Crippen molar-refractivity contribution in [2.75, 3.05) is 0 Å². The zero-order chi connectivity index (χ0) is 28.5. The van der Waals surface area contributed by atoms with Gasteiger partial charge in [0.1, 0.15) is 6.07 Å². The van der Waals surface area contributed by atoms with E-state index < -0.39 is 68.7 Å². The van der Waals surface area contributed by atoms with Crippen LogP contribution < -0.4 is 4.72 Å². The Morgan fingerprint density at radius 1 is 0.800 bits per heavy atom. The standard InChI is InChI=1S/C15H21F9N2O6S3/c1-4-6-7-8-10(5-2)26-35(31,32)14(20,21)12(16,17)13(18,19)33(27,28)11(3,9-25)34(29,30)15(22,23)24/h10,26H,4-8H2,1-3H3. The minimum Gasteiger partial charge on any atom is -0.220 e. The van der Waals surface area contributed by atoms with Crippen molar-refractivity contribution in [2.45, 2.75) is 84.9 Å². The third-order valence-corrected chi connectivity index (χ3v) is 11.6. The maximum atomic E-state index is 14.4. The van der Waals surface area contributed by atoms with Crippen LogP contribution in [0.1, 0.15) is 52.9 Å². The van der Waals surface area contributed by atoms with Gasteiger partial charge in [-0.3, -0.25) is 0 Å². The Bertz CT molecular complexity index is 1130. The molecule has 35 heavy (non-hydrogen) atoms. The predicted molar refractivity (Wildman–Crippen MR) is 103 cm³/mol. The van der Waals surface area contributed by atoms with Gasteiger partial charge in [0.05, 0.1) is 0 Å². The number of nitrogens with zero attached hydrogens (tertiary/aromatic N) is 1. The maximum absolute atomic E-state index is 14.4. The van der Waals surface area contributed by atoms with Crippen LogP contribution >= 0.6 is 0 Å². The van der Waals surface area contributed by atoms with Crippen LogP contribution in [0, 0.1) is 11.3 Å². The second-order valence-electron chi connectivity index (χ2n) is 7.34. The van der Waals surface area contributed by atoms with E-state index >= 15 is 0 Å². The number of nitriles is 1. The minimum atomic E-state index is -8.07. The topological polar surface area (TPSA) is 138 Å². The fourth-order valence-electron chi connectivity index (χ4n) is 2.52. The smallest absolute Gasteiger partial charge is 0.220 e. The van der Waals surface area contributed by atoms with E-state index in [9.17, 15) is 64.8 Å². The minimum absolute atomic E-state index is 0.180. The molecule has 0 heterocycles. The first-order valence-corrected chi connectivity index (χ1v) is 13.9. The molecule has 0 bridgehead atoms. The molecule has 0 aromatic rings. The van der Waals surface area contributed by atoms with Gasteiger partial charge >= 0.3 is 21.9 Å². The highest BCUT2D eigenvalue weighted by atomic mass is 32.3. The van der Waals surface area contributed by atoms with Gasteiger partial charge in [0.2, 0.25) is 0 Å². The van der Waals surface area contributed by atoms with Crippen LogP contribution in [0.2, 0.25) is 0 Å². The van der Waals surface area contributed by atoms with Crippen LogP contribution in [0.5, 0.6) is 0 Å². The van der Waals surface area contributed by atoms with E-state index in [1.54, 1.807) is 6.92 Å². The molecule has 208 valence electrons. The average molecular weight is 593 g/mol. The molecule has 1 N–H and O–H groups in total. The summed E-state index contributed by atoms with van der Waals surface area (Å²) in [6.45, 7) is 2.02. The summed E-state index contributed by atoms with van der Waals surface area (Å²) in [5.74, 6) is -7.55. The van der Waals surface area contributed by atoms with E-state index in [1.165, 1.54) is 6.92 Å². The predicted octanol–water partition coefficient (Wildman–Crippen LogP) is 3.67. The Hall–Kier alpha value is -1.33. The van der Waals surface area contributed by atoms with Crippen molar-refractivity contribution >= 4 is 29.7 Å². The molecular weight excluding hydrogens is 571 g/mol. The maximum Gasteiger partial charge on any atom is 0.500 e. The zero-order valence-corrected chi connectivity index (χ0v) is 20.6. The number of sulfone groups is 2. The molecule has 20 heteroatoms. The van der Waals surface area contributed by atoms with Crippen molar-refractivity contribution in [1.82, 2.24) is 4.72 Å². The van der Waals surface area contributed by atoms with E-state index in [1.807, 2.05) is 0 Å². The van der Waals surface area contributed by atoms with Crippen molar-refractivity contribution in [3.05, 3.63) is 0 Å². The van der Waals surface area contributed by atoms with E-state index in [0.29, 0.717) is 12.8 Å². The van der Waals surface area contributed by atoms with Crippen LogP contribution in [0.4, 0.5) is 39.5 Å². The third kappa shape index (κ3) is 5.23. The number of halogens is 9. The molecule has 0 saturated carbocycles. The van der Waals surface area contributed by atoms with E-state index in [2.05, 4.69) is 0 Å². The van der Waals surface area contributed by atoms with Gasteiger partial charge in [-0.1, -0.05) is 33.1 Å². The summed E-state index contributed by atoms with van der Waals surface area (Å²) in [6.07, 6.45) is 0.632. The molecule has 0 aromatic carbocycles. The first-order chi connectivity index (χ1) is 15.3. The zero-order valence-electron chi connectivity index (χ0n) is 18.1. The molecular formula is C15H21F9N2O6S3. The number of hydrogen-bond donors (Lipinski definition) is 1. The van der Waals surface area contributed by atoms with E-state index in [0.717, 1.165) is 4.72 Å². The Labute approximate surface area is 195 Å². The van der Waals surface area contributed by atoms with Gasteiger partial charge in [0, 0.05) is 6.04 Å². The van der Waals surface area contributed by atoms with Gasteiger partial charge in [0.25, 0.3) is 33.8 Å². The molecule has 0 aliphatic heterocycles. The van der Waals surface area contributed by atoms with Crippen molar-refractivity contribution in [3.8, 4) is 6.07 Å². The van der Waals surface area contributed by atoms with Gasteiger partial charge in [0.15, 0.2) is 0 Å². The lowest BCUT2D eigenvalue weighted by Crippen LogP contribution is -2.67. The SMILES string of the molecule is CCCCCC(CC)NS(=O)(=O)C(F)(F)C(F)(F)C(F)(F)S(=O)(=O)C(C)(C#N)S(=O)(=O)C(F)(F)F. The Kier molecular flexibility index (Phi) is 9.82. The fraction of sp³-hybridized carbons (Fsp3) is 0.933. The van der Waals surface area contributed by atoms with Gasteiger partial charge in [-0.05, 0) is 19.8 Å². The number of nitrogens with one attached hydrogen (secondary N) is 1. The molecule has 0 aliphatic carbocycles. The van der Waals surface area contributed by atoms with Crippen LogP contribution in [-0.2, 0) is 29.7 Å². The van der Waals surface area contributed by atoms with Crippen LogP contribution in [-0.4, -0.2) is 57.3 Å². The quantitative estimate of drug-likeness (QED) is 0.254. The molecule has 0 radical (unpaired) electrons. The highest BCUT2D eigenvalue weighted by Gasteiger charge is 2.86. The van der Waals surface area contributed by atoms with Crippen molar-refractivity contribution in [1.29, 1.82) is 5.26 Å². The first kappa shape index (κ1) is 33.7. The average Bonchev–Trinajstić information content (AvgIpc) is 2.70. The molecule has 2 unspecified atom stereocenters. The lowest BCUT2D eigenvalue weighted by Gasteiger charge is -2.35. The molecule has 2 atom stereocenters. The Morgan fingerprint density at radius 3 is 1.60 bits per heavy atom. The lowest BCUT2D eigenvalue weighted by atomic mass is 10.1. The monoisotopic (exact) mass is 592 g/mol. The number of rotatable bonds is 13. The summed E-state index contributed by atoms with van der Waals surface area (Å²) < 4.78 is 191. The summed E-state index contributed by atoms with van der Waals surface area (Å²) in [6, 6.07) is -1.72. The number of unbranched alkanes of at least 4 members (excludes halogenated alkanes) is 2. The number of alkyl halides is 9. The molecule has 0 rings (SSSR count). The van der Waals surface area contributed by atoms with Gasteiger partial charge in [-0.25, -0.2) is 30.0 Å². The summed E-state index contributed by atoms with van der Waals surface area (Å²) in [4.78, 5) is 0. The summed E-state index contributed by atoms with van der Waals surface area (Å²) in [5.41, 5.74) is -6.79. The molecule has 0 aromatic heterocycles. The highest BCUT2D eigenvalue weighted by Crippen LogP contribution is 2.54. The third-order valence-electron chi connectivity index (χ3n) is 4.91.